The van der Waals surface area contributed by atoms with E-state index >= 15 is 0 Å². The predicted octanol–water partition coefficient (Wildman–Crippen LogP) is 4.29. The Labute approximate surface area is 219 Å². The third kappa shape index (κ3) is 6.23. The molecule has 198 valence electrons. The SMILES string of the molecule is CCOC(=O)COc1ccc(-c2c(C)ccc(COc3ccc(Cn4oc(=O)[nH]c4=O)cc3)c2C)c(C)c1. The number of ether oxygens (including phenoxy) is 3. The Morgan fingerprint density at radius 3 is 2.32 bits per heavy atom. The Morgan fingerprint density at radius 1 is 0.921 bits per heavy atom. The second-order valence-electron chi connectivity index (χ2n) is 8.89. The Bertz CT molecular complexity index is 1540. The maximum Gasteiger partial charge on any atom is 0.440 e. The molecule has 0 aliphatic carbocycles. The number of carbonyl (C=O) groups excluding carboxylic acids is 1. The molecule has 0 aliphatic heterocycles. The fraction of sp³-hybridized carbons (Fsp3) is 0.276. The van der Waals surface area contributed by atoms with E-state index in [-0.39, 0.29) is 13.2 Å². The van der Waals surface area contributed by atoms with Crippen LogP contribution in [0.25, 0.3) is 11.1 Å². The maximum atomic E-state index is 11.6. The van der Waals surface area contributed by atoms with Crippen LogP contribution in [0.15, 0.2) is 68.7 Å². The summed E-state index contributed by atoms with van der Waals surface area (Å²) in [5.74, 6) is 0.113. The van der Waals surface area contributed by atoms with E-state index in [4.69, 9.17) is 18.7 Å². The lowest BCUT2D eigenvalue weighted by atomic mass is 9.90. The van der Waals surface area contributed by atoms with E-state index in [1.54, 1.807) is 6.92 Å². The molecule has 9 heteroatoms. The molecular weight excluding hydrogens is 488 g/mol. The van der Waals surface area contributed by atoms with Crippen LogP contribution in [-0.4, -0.2) is 28.9 Å². The number of carbonyl (C=O) groups is 1. The van der Waals surface area contributed by atoms with Gasteiger partial charge in [0.1, 0.15) is 18.1 Å². The summed E-state index contributed by atoms with van der Waals surface area (Å²) in [6.07, 6.45) is 0. The molecule has 0 fully saturated rings. The fourth-order valence-corrected chi connectivity index (χ4v) is 4.25. The van der Waals surface area contributed by atoms with Crippen molar-refractivity contribution >= 4 is 5.97 Å². The zero-order chi connectivity index (χ0) is 27.2. The van der Waals surface area contributed by atoms with Crippen LogP contribution in [0.2, 0.25) is 0 Å². The van der Waals surface area contributed by atoms with E-state index in [1.165, 1.54) is 0 Å². The molecule has 9 nitrogen and oxygen atoms in total. The summed E-state index contributed by atoms with van der Waals surface area (Å²) in [5.41, 5.74) is 6.77. The van der Waals surface area contributed by atoms with Crippen LogP contribution < -0.4 is 20.9 Å². The molecule has 1 N–H and O–H groups in total. The van der Waals surface area contributed by atoms with Gasteiger partial charge in [-0.3, -0.25) is 0 Å². The summed E-state index contributed by atoms with van der Waals surface area (Å²) in [4.78, 5) is 36.5. The van der Waals surface area contributed by atoms with E-state index in [0.717, 1.165) is 43.7 Å². The third-order valence-corrected chi connectivity index (χ3v) is 6.19. The molecule has 0 atom stereocenters. The van der Waals surface area contributed by atoms with Gasteiger partial charge in [0.25, 0.3) is 0 Å². The minimum absolute atomic E-state index is 0.125. The van der Waals surface area contributed by atoms with Crippen molar-refractivity contribution in [3.05, 3.63) is 103 Å². The smallest absolute Gasteiger partial charge is 0.440 e. The Morgan fingerprint density at radius 2 is 1.66 bits per heavy atom. The number of nitrogens with zero attached hydrogens (tertiary/aromatic N) is 1. The van der Waals surface area contributed by atoms with Gasteiger partial charge in [0.05, 0.1) is 13.2 Å². The van der Waals surface area contributed by atoms with Crippen LogP contribution in [0.1, 0.15) is 34.7 Å². The molecule has 0 aliphatic rings. The summed E-state index contributed by atoms with van der Waals surface area (Å²) in [5, 5.41) is 0. The lowest BCUT2D eigenvalue weighted by Gasteiger charge is -2.18. The van der Waals surface area contributed by atoms with Crippen molar-refractivity contribution in [2.45, 2.75) is 40.8 Å². The highest BCUT2D eigenvalue weighted by molar-refractivity contribution is 5.75. The van der Waals surface area contributed by atoms with Crippen LogP contribution in [0.4, 0.5) is 0 Å². The van der Waals surface area contributed by atoms with Crippen molar-refractivity contribution in [1.82, 2.24) is 9.72 Å². The summed E-state index contributed by atoms with van der Waals surface area (Å²) >= 11 is 0. The summed E-state index contributed by atoms with van der Waals surface area (Å²) in [6.45, 7) is 8.65. The number of hydrogen-bond donors (Lipinski definition) is 1. The van der Waals surface area contributed by atoms with Crippen molar-refractivity contribution in [2.75, 3.05) is 13.2 Å². The second kappa shape index (κ2) is 11.7. The molecule has 0 unspecified atom stereocenters. The first-order valence-electron chi connectivity index (χ1n) is 12.3. The van der Waals surface area contributed by atoms with Gasteiger partial charge in [0.15, 0.2) is 6.61 Å². The van der Waals surface area contributed by atoms with Gasteiger partial charge in [-0.05, 0) is 90.9 Å². The third-order valence-electron chi connectivity index (χ3n) is 6.19. The number of aryl methyl sites for hydroxylation is 2. The van der Waals surface area contributed by atoms with Crippen molar-refractivity contribution < 1.29 is 23.5 Å². The van der Waals surface area contributed by atoms with Crippen molar-refractivity contribution in [1.29, 1.82) is 0 Å². The van der Waals surface area contributed by atoms with Crippen LogP contribution in [0.3, 0.4) is 0 Å². The number of aromatic amines is 1. The second-order valence-corrected chi connectivity index (χ2v) is 8.89. The highest BCUT2D eigenvalue weighted by Gasteiger charge is 2.14. The van der Waals surface area contributed by atoms with Gasteiger partial charge in [0.2, 0.25) is 0 Å². The van der Waals surface area contributed by atoms with Crippen molar-refractivity contribution in [3.63, 3.8) is 0 Å². The first-order chi connectivity index (χ1) is 18.2. The number of hydrogen-bond acceptors (Lipinski definition) is 7. The van der Waals surface area contributed by atoms with Gasteiger partial charge < -0.3 is 18.7 Å². The molecule has 0 spiro atoms. The first kappa shape index (κ1) is 26.5. The lowest BCUT2D eigenvalue weighted by molar-refractivity contribution is -0.145. The predicted molar refractivity (Wildman–Crippen MR) is 142 cm³/mol. The quantitative estimate of drug-likeness (QED) is 0.312. The van der Waals surface area contributed by atoms with E-state index in [0.29, 0.717) is 24.7 Å². The monoisotopic (exact) mass is 518 g/mol. The van der Waals surface area contributed by atoms with Crippen LogP contribution >= 0.6 is 0 Å². The molecule has 1 aromatic heterocycles. The van der Waals surface area contributed by atoms with Gasteiger partial charge in [0, 0.05) is 0 Å². The minimum Gasteiger partial charge on any atom is -0.489 e. The van der Waals surface area contributed by atoms with E-state index in [2.05, 4.69) is 31.0 Å². The standard InChI is InChI=1S/C29H30N2O7/c1-5-35-26(32)17-37-24-12-13-25(19(3)14-24)27-18(2)6-9-22(20(27)4)16-36-23-10-7-21(8-11-23)15-31-28(33)30-29(34)38-31/h6-14H,5,15-17H2,1-4H3,(H,30,33,34). The van der Waals surface area contributed by atoms with Gasteiger partial charge in [-0.1, -0.05) is 30.3 Å². The number of esters is 1. The average Bonchev–Trinajstić information content (AvgIpc) is 3.20. The largest absolute Gasteiger partial charge is 0.489 e. The summed E-state index contributed by atoms with van der Waals surface area (Å²) in [6, 6.07) is 17.2. The van der Waals surface area contributed by atoms with Gasteiger partial charge in [-0.2, -0.15) is 0 Å². The average molecular weight is 519 g/mol. The van der Waals surface area contributed by atoms with Crippen LogP contribution in [-0.2, 0) is 22.7 Å². The molecule has 0 amide bonds. The van der Waals surface area contributed by atoms with Crippen molar-refractivity contribution in [3.8, 4) is 22.6 Å². The number of aromatic nitrogens is 2. The number of rotatable bonds is 10. The Kier molecular flexibility index (Phi) is 8.15. The molecular formula is C29H30N2O7. The summed E-state index contributed by atoms with van der Waals surface area (Å²) in [7, 11) is 0. The Hall–Kier alpha value is -4.53. The first-order valence-corrected chi connectivity index (χ1v) is 12.3. The molecule has 3 aromatic carbocycles. The number of benzene rings is 3. The van der Waals surface area contributed by atoms with E-state index in [1.807, 2.05) is 49.4 Å². The molecule has 0 bridgehead atoms. The maximum absolute atomic E-state index is 11.6. The summed E-state index contributed by atoms with van der Waals surface area (Å²) < 4.78 is 22.3. The topological polar surface area (TPSA) is 113 Å². The molecule has 0 saturated carbocycles. The van der Waals surface area contributed by atoms with Gasteiger partial charge in [-0.25, -0.2) is 19.4 Å². The number of nitrogens with one attached hydrogen (secondary N) is 1. The van der Waals surface area contributed by atoms with E-state index in [9.17, 15) is 14.4 Å². The minimum atomic E-state index is -0.781. The zero-order valence-corrected chi connectivity index (χ0v) is 21.8. The molecule has 0 saturated heterocycles. The van der Waals surface area contributed by atoms with Gasteiger partial charge >= 0.3 is 17.4 Å². The molecule has 1 heterocycles. The van der Waals surface area contributed by atoms with Crippen LogP contribution in [0, 0.1) is 20.8 Å². The highest BCUT2D eigenvalue weighted by Crippen LogP contribution is 2.34. The lowest BCUT2D eigenvalue weighted by Crippen LogP contribution is -2.17. The molecule has 0 radical (unpaired) electrons. The van der Waals surface area contributed by atoms with Gasteiger partial charge in [-0.15, -0.1) is 4.74 Å². The fourth-order valence-electron chi connectivity index (χ4n) is 4.25. The Balaban J connectivity index is 1.46. The number of H-pyrrole nitrogens is 1. The van der Waals surface area contributed by atoms with Crippen molar-refractivity contribution in [2.24, 2.45) is 0 Å². The zero-order valence-electron chi connectivity index (χ0n) is 21.8. The highest BCUT2D eigenvalue weighted by atomic mass is 16.6. The molecule has 38 heavy (non-hydrogen) atoms. The normalized spacial score (nSPS) is 10.8. The molecule has 4 rings (SSSR count). The van der Waals surface area contributed by atoms with Crippen LogP contribution in [0.5, 0.6) is 11.5 Å². The molecule has 4 aromatic rings. The van der Waals surface area contributed by atoms with E-state index < -0.39 is 17.4 Å².